The fraction of sp³-hybridized carbons (Fsp3) is 0.600. The monoisotopic (exact) mass is 311 g/mol. The number of hydrogen-bond donors (Lipinski definition) is 1. The third-order valence-corrected chi connectivity index (χ3v) is 4.49. The maximum atomic E-state index is 10.8. The molecular weight excluding hydrogens is 290 g/mol. The number of hydrogen-bond acceptors (Lipinski definition) is 4. The second kappa shape index (κ2) is 7.73. The number of non-ortho nitro benzene ring substituents is 1. The molecule has 1 aromatic rings. The standard InChI is InChI=1S/C15H22ClN3O2/c1-18-8-5-12(6-9-18)4-7-17-11-13-10-14(19(20)21)2-3-15(13)16/h2-3,10,12,17H,4-9,11H2,1H3. The van der Waals surface area contributed by atoms with Gasteiger partial charge in [-0.15, -0.1) is 0 Å². The van der Waals surface area contributed by atoms with Crippen LogP contribution in [0.5, 0.6) is 0 Å². The van der Waals surface area contributed by atoms with Crippen molar-refractivity contribution in [3.8, 4) is 0 Å². The van der Waals surface area contributed by atoms with Crippen molar-refractivity contribution in [3.05, 3.63) is 38.9 Å². The van der Waals surface area contributed by atoms with E-state index >= 15 is 0 Å². The van der Waals surface area contributed by atoms with Gasteiger partial charge in [0, 0.05) is 23.7 Å². The van der Waals surface area contributed by atoms with Crippen LogP contribution in [0.4, 0.5) is 5.69 Å². The lowest BCUT2D eigenvalue weighted by Gasteiger charge is -2.28. The molecule has 0 amide bonds. The van der Waals surface area contributed by atoms with Crippen LogP contribution in [0.1, 0.15) is 24.8 Å². The number of halogens is 1. The lowest BCUT2D eigenvalue weighted by molar-refractivity contribution is -0.384. The van der Waals surface area contributed by atoms with Crippen molar-refractivity contribution >= 4 is 17.3 Å². The number of nitro groups is 1. The zero-order valence-corrected chi connectivity index (χ0v) is 13.1. The van der Waals surface area contributed by atoms with Crippen LogP contribution in [0.3, 0.4) is 0 Å². The molecule has 0 atom stereocenters. The number of nitrogens with zero attached hydrogens (tertiary/aromatic N) is 2. The van der Waals surface area contributed by atoms with Gasteiger partial charge in [0.2, 0.25) is 0 Å². The molecule has 0 aliphatic carbocycles. The molecule has 1 N–H and O–H groups in total. The number of likely N-dealkylation sites (tertiary alicyclic amines) is 1. The van der Waals surface area contributed by atoms with Gasteiger partial charge in [0.1, 0.15) is 0 Å². The van der Waals surface area contributed by atoms with Gasteiger partial charge in [-0.3, -0.25) is 10.1 Å². The molecule has 1 aromatic carbocycles. The summed E-state index contributed by atoms with van der Waals surface area (Å²) in [5.41, 5.74) is 0.876. The number of nitro benzene ring substituents is 1. The van der Waals surface area contributed by atoms with Gasteiger partial charge in [-0.1, -0.05) is 11.6 Å². The summed E-state index contributed by atoms with van der Waals surface area (Å²) in [5, 5.41) is 14.7. The Morgan fingerprint density at radius 2 is 2.14 bits per heavy atom. The van der Waals surface area contributed by atoms with Crippen molar-refractivity contribution in [2.45, 2.75) is 25.8 Å². The summed E-state index contributed by atoms with van der Waals surface area (Å²) in [4.78, 5) is 12.7. The summed E-state index contributed by atoms with van der Waals surface area (Å²) in [6.07, 6.45) is 3.67. The molecule has 0 spiro atoms. The van der Waals surface area contributed by atoms with E-state index in [1.165, 1.54) is 32.0 Å². The largest absolute Gasteiger partial charge is 0.313 e. The van der Waals surface area contributed by atoms with Gasteiger partial charge >= 0.3 is 0 Å². The molecule has 0 aromatic heterocycles. The maximum Gasteiger partial charge on any atom is 0.269 e. The van der Waals surface area contributed by atoms with Gasteiger partial charge in [-0.2, -0.15) is 0 Å². The summed E-state index contributed by atoms with van der Waals surface area (Å²) in [5.74, 6) is 0.786. The molecule has 6 heteroatoms. The Bertz CT molecular complexity index is 488. The summed E-state index contributed by atoms with van der Waals surface area (Å²) < 4.78 is 0. The summed E-state index contributed by atoms with van der Waals surface area (Å²) in [6, 6.07) is 4.57. The highest BCUT2D eigenvalue weighted by molar-refractivity contribution is 6.31. The minimum atomic E-state index is -0.391. The third-order valence-electron chi connectivity index (χ3n) is 4.12. The van der Waals surface area contributed by atoms with Crippen LogP contribution >= 0.6 is 11.6 Å². The number of rotatable bonds is 6. The summed E-state index contributed by atoms with van der Waals surface area (Å²) in [6.45, 7) is 3.86. The highest BCUT2D eigenvalue weighted by Crippen LogP contribution is 2.22. The average Bonchev–Trinajstić information content (AvgIpc) is 2.47. The Morgan fingerprint density at radius 3 is 2.81 bits per heavy atom. The lowest BCUT2D eigenvalue weighted by Crippen LogP contribution is -2.31. The van der Waals surface area contributed by atoms with Crippen LogP contribution in [0.2, 0.25) is 5.02 Å². The van der Waals surface area contributed by atoms with E-state index in [0.29, 0.717) is 11.6 Å². The predicted molar refractivity (Wildman–Crippen MR) is 84.7 cm³/mol. The van der Waals surface area contributed by atoms with E-state index in [0.717, 1.165) is 24.4 Å². The molecule has 2 rings (SSSR count). The Balaban J connectivity index is 1.75. The molecule has 21 heavy (non-hydrogen) atoms. The maximum absolute atomic E-state index is 10.8. The molecule has 1 aliphatic rings. The Labute approximate surface area is 130 Å². The lowest BCUT2D eigenvalue weighted by atomic mass is 9.94. The fourth-order valence-electron chi connectivity index (χ4n) is 2.69. The normalized spacial score (nSPS) is 17.0. The Kier molecular flexibility index (Phi) is 5.96. The van der Waals surface area contributed by atoms with Gasteiger partial charge in [0.05, 0.1) is 4.92 Å². The molecule has 1 fully saturated rings. The fourth-order valence-corrected chi connectivity index (χ4v) is 2.87. The van der Waals surface area contributed by atoms with Crippen LogP contribution < -0.4 is 5.32 Å². The molecule has 0 radical (unpaired) electrons. The smallest absolute Gasteiger partial charge is 0.269 e. The van der Waals surface area contributed by atoms with Crippen molar-refractivity contribution in [2.24, 2.45) is 5.92 Å². The van der Waals surface area contributed by atoms with E-state index in [2.05, 4.69) is 17.3 Å². The van der Waals surface area contributed by atoms with E-state index in [9.17, 15) is 10.1 Å². The first-order valence-electron chi connectivity index (χ1n) is 7.38. The zero-order valence-electron chi connectivity index (χ0n) is 12.3. The number of piperidine rings is 1. The molecule has 1 aliphatic heterocycles. The van der Waals surface area contributed by atoms with Crippen LogP contribution in [0, 0.1) is 16.0 Å². The first-order valence-corrected chi connectivity index (χ1v) is 7.76. The molecule has 0 saturated carbocycles. The van der Waals surface area contributed by atoms with Crippen molar-refractivity contribution in [3.63, 3.8) is 0 Å². The highest BCUT2D eigenvalue weighted by atomic mass is 35.5. The van der Waals surface area contributed by atoms with Crippen molar-refractivity contribution in [2.75, 3.05) is 26.7 Å². The number of benzene rings is 1. The Morgan fingerprint density at radius 1 is 1.43 bits per heavy atom. The molecule has 0 bridgehead atoms. The zero-order chi connectivity index (χ0) is 15.2. The van der Waals surface area contributed by atoms with E-state index in [-0.39, 0.29) is 5.69 Å². The molecule has 1 saturated heterocycles. The molecule has 0 unspecified atom stereocenters. The number of nitrogens with one attached hydrogen (secondary N) is 1. The van der Waals surface area contributed by atoms with Gasteiger partial charge in [-0.05, 0) is 63.5 Å². The highest BCUT2D eigenvalue weighted by Gasteiger charge is 2.16. The van der Waals surface area contributed by atoms with E-state index in [1.54, 1.807) is 12.1 Å². The van der Waals surface area contributed by atoms with E-state index in [4.69, 9.17) is 11.6 Å². The summed E-state index contributed by atoms with van der Waals surface area (Å²) in [7, 11) is 2.17. The predicted octanol–water partition coefficient (Wildman–Crippen LogP) is 3.07. The van der Waals surface area contributed by atoms with Gasteiger partial charge in [-0.25, -0.2) is 0 Å². The van der Waals surface area contributed by atoms with Crippen molar-refractivity contribution in [1.29, 1.82) is 0 Å². The minimum Gasteiger partial charge on any atom is -0.313 e. The van der Waals surface area contributed by atoms with Gasteiger partial charge in [0.25, 0.3) is 5.69 Å². The molecule has 5 nitrogen and oxygen atoms in total. The van der Waals surface area contributed by atoms with Crippen LogP contribution in [-0.2, 0) is 6.54 Å². The molecule has 1 heterocycles. The SMILES string of the molecule is CN1CCC(CCNCc2cc([N+](=O)[O-])ccc2Cl)CC1. The quantitative estimate of drug-likeness (QED) is 0.498. The average molecular weight is 312 g/mol. The third kappa shape index (κ3) is 4.95. The molecule has 116 valence electrons. The van der Waals surface area contributed by atoms with Crippen LogP contribution in [-0.4, -0.2) is 36.5 Å². The van der Waals surface area contributed by atoms with E-state index in [1.807, 2.05) is 0 Å². The topological polar surface area (TPSA) is 58.4 Å². The Hall–Kier alpha value is -1.17. The van der Waals surface area contributed by atoms with Crippen molar-refractivity contribution in [1.82, 2.24) is 10.2 Å². The van der Waals surface area contributed by atoms with Gasteiger partial charge in [0.15, 0.2) is 0 Å². The van der Waals surface area contributed by atoms with Crippen LogP contribution in [0.15, 0.2) is 18.2 Å². The summed E-state index contributed by atoms with van der Waals surface area (Å²) >= 11 is 6.08. The van der Waals surface area contributed by atoms with Crippen LogP contribution in [0.25, 0.3) is 0 Å². The van der Waals surface area contributed by atoms with Gasteiger partial charge < -0.3 is 10.2 Å². The van der Waals surface area contributed by atoms with Crippen molar-refractivity contribution < 1.29 is 4.92 Å². The molecular formula is C15H22ClN3O2. The van der Waals surface area contributed by atoms with E-state index < -0.39 is 4.92 Å². The second-order valence-electron chi connectivity index (χ2n) is 5.74. The second-order valence-corrected chi connectivity index (χ2v) is 6.15. The first kappa shape index (κ1) is 16.2. The minimum absolute atomic E-state index is 0.0894. The first-order chi connectivity index (χ1) is 10.1.